The lowest BCUT2D eigenvalue weighted by molar-refractivity contribution is -0.114. The molecule has 6 heteroatoms. The van der Waals surface area contributed by atoms with Crippen LogP contribution >= 0.6 is 11.6 Å². The lowest BCUT2D eigenvalue weighted by atomic mass is 9.90. The lowest BCUT2D eigenvalue weighted by Gasteiger charge is -2.32. The summed E-state index contributed by atoms with van der Waals surface area (Å²) in [5.74, 6) is 0.936. The summed E-state index contributed by atoms with van der Waals surface area (Å²) in [6, 6.07) is 22.6. The maximum Gasteiger partial charge on any atom is 0.221 e. The summed E-state index contributed by atoms with van der Waals surface area (Å²) >= 11 is 6.35. The van der Waals surface area contributed by atoms with Crippen molar-refractivity contribution in [2.75, 3.05) is 31.5 Å². The normalized spacial score (nSPS) is 16.6. The standard InChI is InChI=1S/C35H42ClN3O2/c1-26(40)37-33-9-4-7-28(22-33)24-38-20-16-29-12-13-31(23-30(29)17-21-38)35(41)11-5-6-27-14-18-39(19-15-27)25-32-8-2-3-10-34(32)36/h2-4,7-10,12-13,22-23,27H,5-6,11,14-21,24-25H2,1H3,(H,37,40). The molecule has 0 saturated carbocycles. The topological polar surface area (TPSA) is 52.7 Å². The van der Waals surface area contributed by atoms with E-state index in [-0.39, 0.29) is 11.7 Å². The quantitative estimate of drug-likeness (QED) is 0.262. The Bertz CT molecular complexity index is 1350. The third-order valence-electron chi connectivity index (χ3n) is 8.65. The molecule has 1 fully saturated rings. The zero-order valence-electron chi connectivity index (χ0n) is 24.2. The molecule has 0 atom stereocenters. The van der Waals surface area contributed by atoms with Crippen molar-refractivity contribution in [3.05, 3.63) is 99.6 Å². The number of hydrogen-bond acceptors (Lipinski definition) is 4. The van der Waals surface area contributed by atoms with Gasteiger partial charge in [0.15, 0.2) is 5.78 Å². The van der Waals surface area contributed by atoms with E-state index in [4.69, 9.17) is 11.6 Å². The molecular weight excluding hydrogens is 530 g/mol. The molecule has 3 aromatic carbocycles. The van der Waals surface area contributed by atoms with Gasteiger partial charge in [-0.1, -0.05) is 54.1 Å². The minimum atomic E-state index is -0.0521. The molecule has 1 amide bonds. The number of benzene rings is 3. The molecule has 1 saturated heterocycles. The highest BCUT2D eigenvalue weighted by atomic mass is 35.5. The molecule has 5 rings (SSSR count). The van der Waals surface area contributed by atoms with Crippen molar-refractivity contribution in [2.24, 2.45) is 5.92 Å². The zero-order chi connectivity index (χ0) is 28.6. The minimum Gasteiger partial charge on any atom is -0.326 e. The molecule has 1 N–H and O–H groups in total. The summed E-state index contributed by atoms with van der Waals surface area (Å²) in [6.07, 6.45) is 7.08. The van der Waals surface area contributed by atoms with Crippen LogP contribution in [0.5, 0.6) is 0 Å². The van der Waals surface area contributed by atoms with E-state index in [2.05, 4.69) is 51.5 Å². The fourth-order valence-electron chi connectivity index (χ4n) is 6.31. The maximum atomic E-state index is 13.1. The number of fused-ring (bicyclic) bond motifs is 1. The van der Waals surface area contributed by atoms with Crippen LogP contribution in [0.25, 0.3) is 0 Å². The highest BCUT2D eigenvalue weighted by Crippen LogP contribution is 2.26. The van der Waals surface area contributed by atoms with Gasteiger partial charge in [-0.3, -0.25) is 19.4 Å². The number of likely N-dealkylation sites (tertiary alicyclic amines) is 1. The predicted molar refractivity (Wildman–Crippen MR) is 168 cm³/mol. The zero-order valence-corrected chi connectivity index (χ0v) is 25.0. The molecular formula is C35H42ClN3O2. The smallest absolute Gasteiger partial charge is 0.221 e. The number of hydrogen-bond donors (Lipinski definition) is 1. The Labute approximate surface area is 249 Å². The number of carbonyl (C=O) groups is 2. The van der Waals surface area contributed by atoms with Gasteiger partial charge in [-0.25, -0.2) is 0 Å². The van der Waals surface area contributed by atoms with Crippen LogP contribution in [0.3, 0.4) is 0 Å². The van der Waals surface area contributed by atoms with E-state index in [0.29, 0.717) is 12.3 Å². The number of amides is 1. The average Bonchev–Trinajstić information content (AvgIpc) is 3.17. The van der Waals surface area contributed by atoms with Crippen molar-refractivity contribution in [3.8, 4) is 0 Å². The summed E-state index contributed by atoms with van der Waals surface area (Å²) < 4.78 is 0. The first-order valence-electron chi connectivity index (χ1n) is 15.1. The van der Waals surface area contributed by atoms with Gasteiger partial charge in [-0.2, -0.15) is 0 Å². The van der Waals surface area contributed by atoms with E-state index in [9.17, 15) is 9.59 Å². The summed E-state index contributed by atoms with van der Waals surface area (Å²) in [5, 5.41) is 3.73. The number of nitrogens with zero attached hydrogens (tertiary/aromatic N) is 2. The van der Waals surface area contributed by atoms with E-state index >= 15 is 0 Å². The molecule has 2 aliphatic rings. The van der Waals surface area contributed by atoms with Crippen molar-refractivity contribution < 1.29 is 9.59 Å². The summed E-state index contributed by atoms with van der Waals surface area (Å²) in [5.41, 5.74) is 6.80. The van der Waals surface area contributed by atoms with Crippen LogP contribution in [0.15, 0.2) is 66.7 Å². The Hall–Kier alpha value is -2.99. The second kappa shape index (κ2) is 14.3. The molecule has 0 aliphatic carbocycles. The van der Waals surface area contributed by atoms with Gasteiger partial charge in [0.1, 0.15) is 0 Å². The van der Waals surface area contributed by atoms with Gasteiger partial charge < -0.3 is 5.32 Å². The van der Waals surface area contributed by atoms with Crippen molar-refractivity contribution in [1.82, 2.24) is 9.80 Å². The van der Waals surface area contributed by atoms with Gasteiger partial charge in [0.05, 0.1) is 0 Å². The van der Waals surface area contributed by atoms with Crippen LogP contribution in [0.1, 0.15) is 71.6 Å². The first-order chi connectivity index (χ1) is 19.9. The molecule has 3 aromatic rings. The summed E-state index contributed by atoms with van der Waals surface area (Å²) in [7, 11) is 0. The molecule has 0 unspecified atom stereocenters. The fraction of sp³-hybridized carbons (Fsp3) is 0.429. The monoisotopic (exact) mass is 571 g/mol. The molecule has 2 heterocycles. The Morgan fingerprint density at radius 3 is 2.39 bits per heavy atom. The van der Waals surface area contributed by atoms with E-state index in [1.807, 2.05) is 30.3 Å². The molecule has 41 heavy (non-hydrogen) atoms. The van der Waals surface area contributed by atoms with Crippen LogP contribution in [0.4, 0.5) is 5.69 Å². The molecule has 5 nitrogen and oxygen atoms in total. The average molecular weight is 572 g/mol. The van der Waals surface area contributed by atoms with Crippen LogP contribution in [-0.4, -0.2) is 47.7 Å². The highest BCUT2D eigenvalue weighted by molar-refractivity contribution is 6.31. The van der Waals surface area contributed by atoms with Gasteiger partial charge in [-0.05, 0) is 104 Å². The van der Waals surface area contributed by atoms with Crippen LogP contribution < -0.4 is 5.32 Å². The van der Waals surface area contributed by atoms with Gasteiger partial charge in [0.25, 0.3) is 0 Å². The summed E-state index contributed by atoms with van der Waals surface area (Å²) in [4.78, 5) is 29.5. The van der Waals surface area contributed by atoms with Crippen LogP contribution in [0, 0.1) is 5.92 Å². The first-order valence-corrected chi connectivity index (χ1v) is 15.5. The Morgan fingerprint density at radius 2 is 1.61 bits per heavy atom. The van der Waals surface area contributed by atoms with Gasteiger partial charge >= 0.3 is 0 Å². The molecule has 0 bridgehead atoms. The van der Waals surface area contributed by atoms with E-state index in [1.54, 1.807) is 0 Å². The van der Waals surface area contributed by atoms with Crippen molar-refractivity contribution >= 4 is 29.0 Å². The number of anilines is 1. The number of Topliss-reactive ketones (excluding diaryl/α,β-unsaturated/α-hetero) is 1. The summed E-state index contributed by atoms with van der Waals surface area (Å²) in [6.45, 7) is 7.47. The number of carbonyl (C=O) groups excluding carboxylic acids is 2. The van der Waals surface area contributed by atoms with E-state index in [0.717, 1.165) is 81.2 Å². The van der Waals surface area contributed by atoms with E-state index in [1.165, 1.54) is 42.0 Å². The van der Waals surface area contributed by atoms with Gasteiger partial charge in [-0.15, -0.1) is 0 Å². The lowest BCUT2D eigenvalue weighted by Crippen LogP contribution is -2.33. The number of halogens is 1. The van der Waals surface area contributed by atoms with Crippen LogP contribution in [0.2, 0.25) is 5.02 Å². The largest absolute Gasteiger partial charge is 0.326 e. The molecule has 0 spiro atoms. The van der Waals surface area contributed by atoms with Crippen molar-refractivity contribution in [1.29, 1.82) is 0 Å². The van der Waals surface area contributed by atoms with Gasteiger partial charge in [0, 0.05) is 55.8 Å². The van der Waals surface area contributed by atoms with Crippen LogP contribution in [-0.2, 0) is 30.7 Å². The van der Waals surface area contributed by atoms with E-state index < -0.39 is 0 Å². The second-order valence-corrected chi connectivity index (χ2v) is 12.2. The third kappa shape index (κ3) is 8.51. The molecule has 0 radical (unpaired) electrons. The minimum absolute atomic E-state index is 0.0521. The number of nitrogens with one attached hydrogen (secondary N) is 1. The molecule has 216 valence electrons. The number of rotatable bonds is 10. The number of piperidine rings is 1. The SMILES string of the molecule is CC(=O)Nc1cccc(CN2CCc3ccc(C(=O)CCCC4CCN(Cc5ccccc5Cl)CC4)cc3CC2)c1. The molecule has 0 aromatic heterocycles. The second-order valence-electron chi connectivity index (χ2n) is 11.8. The molecule has 2 aliphatic heterocycles. The fourth-order valence-corrected chi connectivity index (χ4v) is 6.50. The number of ketones is 1. The van der Waals surface area contributed by atoms with Crippen molar-refractivity contribution in [2.45, 2.75) is 65.0 Å². The predicted octanol–water partition coefficient (Wildman–Crippen LogP) is 7.16. The third-order valence-corrected chi connectivity index (χ3v) is 9.02. The highest BCUT2D eigenvalue weighted by Gasteiger charge is 2.21. The van der Waals surface area contributed by atoms with Gasteiger partial charge in [0.2, 0.25) is 5.91 Å². The Balaban J connectivity index is 1.06. The first kappa shape index (κ1) is 29.5. The Kier molecular flexibility index (Phi) is 10.3. The van der Waals surface area contributed by atoms with Crippen molar-refractivity contribution in [3.63, 3.8) is 0 Å². The Morgan fingerprint density at radius 1 is 0.854 bits per heavy atom. The maximum absolute atomic E-state index is 13.1.